The standard InChI is InChI=1S/C5H3BrClN/c6-4-2-1-3-8-5(4)7/h1-3H/i1D,2D,3D. The average Bonchev–Trinajstić information content (AvgIpc) is 1.97. The quantitative estimate of drug-likeness (QED) is 0.580. The van der Waals surface area contributed by atoms with Crippen LogP contribution in [0.1, 0.15) is 4.11 Å². The highest BCUT2D eigenvalue weighted by Gasteiger charge is 1.90. The normalized spacial score (nSPS) is 14.5. The van der Waals surface area contributed by atoms with E-state index in [0.29, 0.717) is 0 Å². The molecule has 0 aliphatic carbocycles. The number of hydrogen-bond donors (Lipinski definition) is 0. The molecule has 1 nitrogen and oxygen atoms in total. The maximum absolute atomic E-state index is 7.25. The van der Waals surface area contributed by atoms with Gasteiger partial charge in [0.15, 0.2) is 0 Å². The molecular formula is C5H3BrClN. The molecule has 0 unspecified atom stereocenters. The fourth-order valence-electron chi connectivity index (χ4n) is 0.261. The van der Waals surface area contributed by atoms with Crippen molar-refractivity contribution in [3.05, 3.63) is 27.9 Å². The Morgan fingerprint density at radius 1 is 1.88 bits per heavy atom. The molecule has 1 heterocycles. The first kappa shape index (κ1) is 3.18. The molecule has 1 aromatic rings. The van der Waals surface area contributed by atoms with Crippen molar-refractivity contribution < 1.29 is 4.11 Å². The van der Waals surface area contributed by atoms with Gasteiger partial charge in [-0.3, -0.25) is 0 Å². The zero-order valence-electron chi connectivity index (χ0n) is 6.70. The van der Waals surface area contributed by atoms with E-state index in [4.69, 9.17) is 15.7 Å². The van der Waals surface area contributed by atoms with Crippen LogP contribution in [0.15, 0.2) is 22.7 Å². The molecule has 1 rings (SSSR count). The van der Waals surface area contributed by atoms with Crippen LogP contribution in [-0.4, -0.2) is 4.98 Å². The van der Waals surface area contributed by atoms with Gasteiger partial charge in [0.05, 0.1) is 8.58 Å². The lowest BCUT2D eigenvalue weighted by Crippen LogP contribution is -1.71. The van der Waals surface area contributed by atoms with Gasteiger partial charge in [0.2, 0.25) is 0 Å². The molecule has 0 aliphatic rings. The predicted molar refractivity (Wildman–Crippen MR) is 36.9 cm³/mol. The summed E-state index contributed by atoms with van der Waals surface area (Å²) in [4.78, 5) is 3.51. The summed E-state index contributed by atoms with van der Waals surface area (Å²) in [6, 6.07) is -0.323. The Morgan fingerprint density at radius 3 is 3.38 bits per heavy atom. The van der Waals surface area contributed by atoms with Crippen LogP contribution in [0, 0.1) is 0 Å². The molecular weight excluding hydrogens is 189 g/mol. The van der Waals surface area contributed by atoms with Gasteiger partial charge in [-0.05, 0) is 28.0 Å². The number of nitrogens with zero attached hydrogens (tertiary/aromatic N) is 1. The van der Waals surface area contributed by atoms with E-state index < -0.39 is 0 Å². The van der Waals surface area contributed by atoms with Crippen LogP contribution < -0.4 is 0 Å². The van der Waals surface area contributed by atoms with Gasteiger partial charge in [-0.1, -0.05) is 11.6 Å². The molecule has 0 N–H and O–H groups in total. The summed E-state index contributed by atoms with van der Waals surface area (Å²) in [6.07, 6.45) is -0.275. The highest BCUT2D eigenvalue weighted by atomic mass is 79.9. The molecule has 0 saturated carbocycles. The smallest absolute Gasteiger partial charge is 0.143 e. The van der Waals surface area contributed by atoms with E-state index in [1.54, 1.807) is 0 Å². The minimum atomic E-state index is -0.275. The molecule has 0 aromatic carbocycles. The van der Waals surface area contributed by atoms with Crippen molar-refractivity contribution in [3.63, 3.8) is 0 Å². The largest absolute Gasteiger partial charge is 0.243 e. The molecule has 0 aliphatic heterocycles. The topological polar surface area (TPSA) is 12.9 Å². The summed E-state index contributed by atoms with van der Waals surface area (Å²) in [5, 5.41) is 0.0519. The van der Waals surface area contributed by atoms with E-state index in [-0.39, 0.29) is 27.9 Å². The third kappa shape index (κ3) is 1.20. The Balaban J connectivity index is 3.46. The van der Waals surface area contributed by atoms with Crippen LogP contribution in [-0.2, 0) is 0 Å². The molecule has 8 heavy (non-hydrogen) atoms. The van der Waals surface area contributed by atoms with Gasteiger partial charge < -0.3 is 0 Å². The van der Waals surface area contributed by atoms with Gasteiger partial charge in [-0.15, -0.1) is 0 Å². The summed E-state index contributed by atoms with van der Waals surface area (Å²) in [5.74, 6) is 0. The van der Waals surface area contributed by atoms with E-state index in [1.807, 2.05) is 0 Å². The Morgan fingerprint density at radius 2 is 2.62 bits per heavy atom. The number of pyridine rings is 1. The Kier molecular flexibility index (Phi) is 0.980. The van der Waals surface area contributed by atoms with Crippen LogP contribution in [0.25, 0.3) is 0 Å². The molecule has 0 fully saturated rings. The lowest BCUT2D eigenvalue weighted by atomic mass is 10.5. The Labute approximate surface area is 65.0 Å². The van der Waals surface area contributed by atoms with E-state index >= 15 is 0 Å². The van der Waals surface area contributed by atoms with Gasteiger partial charge in [0.1, 0.15) is 5.15 Å². The van der Waals surface area contributed by atoms with Crippen molar-refractivity contribution in [2.75, 3.05) is 0 Å². The van der Waals surface area contributed by atoms with E-state index in [2.05, 4.69) is 20.9 Å². The number of rotatable bonds is 0. The lowest BCUT2D eigenvalue weighted by Gasteiger charge is -1.88. The highest BCUT2D eigenvalue weighted by molar-refractivity contribution is 9.10. The van der Waals surface area contributed by atoms with Gasteiger partial charge in [0, 0.05) is 6.17 Å². The number of hydrogen-bond acceptors (Lipinski definition) is 1. The van der Waals surface area contributed by atoms with Crippen LogP contribution in [0.4, 0.5) is 0 Å². The maximum atomic E-state index is 7.25. The van der Waals surface area contributed by atoms with Crippen molar-refractivity contribution in [1.29, 1.82) is 0 Å². The predicted octanol–water partition coefficient (Wildman–Crippen LogP) is 2.50. The zero-order chi connectivity index (χ0) is 8.59. The van der Waals surface area contributed by atoms with E-state index in [0.717, 1.165) is 0 Å². The second-order valence-electron chi connectivity index (χ2n) is 1.08. The third-order valence-electron chi connectivity index (χ3n) is 0.563. The molecule has 42 valence electrons. The summed E-state index contributed by atoms with van der Waals surface area (Å²) in [7, 11) is 0. The van der Waals surface area contributed by atoms with E-state index in [1.165, 1.54) is 0 Å². The molecule has 0 spiro atoms. The average molecular weight is 195 g/mol. The SMILES string of the molecule is [2H]c1nc(Cl)c(Br)c([2H])c1[2H]. The van der Waals surface area contributed by atoms with Crippen molar-refractivity contribution >= 4 is 27.5 Å². The fourth-order valence-corrected chi connectivity index (χ4v) is 0.538. The van der Waals surface area contributed by atoms with Crippen molar-refractivity contribution in [2.45, 2.75) is 0 Å². The first-order valence-electron chi connectivity index (χ1n) is 3.33. The van der Waals surface area contributed by atoms with Crippen molar-refractivity contribution in [3.8, 4) is 0 Å². The second kappa shape index (κ2) is 2.46. The van der Waals surface area contributed by atoms with Crippen molar-refractivity contribution in [1.82, 2.24) is 4.98 Å². The molecule has 3 heteroatoms. The summed E-state index contributed by atoms with van der Waals surface area (Å²) < 4.78 is 21.7. The first-order valence-corrected chi connectivity index (χ1v) is 3.00. The summed E-state index contributed by atoms with van der Waals surface area (Å²) >= 11 is 8.49. The third-order valence-corrected chi connectivity index (χ3v) is 1.64. The van der Waals surface area contributed by atoms with Gasteiger partial charge in [-0.2, -0.15) is 0 Å². The van der Waals surface area contributed by atoms with E-state index in [9.17, 15) is 0 Å². The van der Waals surface area contributed by atoms with Crippen LogP contribution >= 0.6 is 27.5 Å². The van der Waals surface area contributed by atoms with Crippen LogP contribution in [0.5, 0.6) is 0 Å². The minimum absolute atomic E-state index is 0.0519. The van der Waals surface area contributed by atoms with Crippen LogP contribution in [0.3, 0.4) is 0 Å². The first-order chi connectivity index (χ1) is 5.04. The molecule has 1 aromatic heterocycles. The van der Waals surface area contributed by atoms with Gasteiger partial charge >= 0.3 is 0 Å². The monoisotopic (exact) mass is 194 g/mol. The minimum Gasteiger partial charge on any atom is -0.243 e. The van der Waals surface area contributed by atoms with Gasteiger partial charge in [0.25, 0.3) is 0 Å². The molecule has 0 amide bonds. The molecule has 0 radical (unpaired) electrons. The van der Waals surface area contributed by atoms with Crippen molar-refractivity contribution in [2.24, 2.45) is 0 Å². The summed E-state index contributed by atoms with van der Waals surface area (Å²) in [5.41, 5.74) is 0. The Bertz CT molecular complexity index is 278. The Hall–Kier alpha value is -0.0800. The zero-order valence-corrected chi connectivity index (χ0v) is 6.05. The van der Waals surface area contributed by atoms with Crippen LogP contribution in [0.2, 0.25) is 5.15 Å². The molecule has 0 bridgehead atoms. The highest BCUT2D eigenvalue weighted by Crippen LogP contribution is 2.17. The fraction of sp³-hybridized carbons (Fsp3) is 0. The molecule has 0 saturated heterocycles. The van der Waals surface area contributed by atoms with Gasteiger partial charge in [-0.25, -0.2) is 4.98 Å². The number of aromatic nitrogens is 1. The lowest BCUT2D eigenvalue weighted by molar-refractivity contribution is 1.31. The molecule has 0 atom stereocenters. The maximum Gasteiger partial charge on any atom is 0.143 e. The summed E-state index contributed by atoms with van der Waals surface area (Å²) in [6.45, 7) is 0. The number of halogens is 2. The second-order valence-corrected chi connectivity index (χ2v) is 2.23.